The van der Waals surface area contributed by atoms with E-state index in [2.05, 4.69) is 37.4 Å². The fourth-order valence-electron chi connectivity index (χ4n) is 7.48. The molecule has 2 aliphatic heterocycles. The third-order valence-corrected chi connectivity index (χ3v) is 10.5. The van der Waals surface area contributed by atoms with Crippen molar-refractivity contribution in [2.75, 3.05) is 40.4 Å². The summed E-state index contributed by atoms with van der Waals surface area (Å²) in [6.07, 6.45) is 14.4. The number of ether oxygens (including phenoxy) is 3. The monoisotopic (exact) mass is 935 g/mol. The summed E-state index contributed by atoms with van der Waals surface area (Å²) < 4.78 is 16.4. The maximum Gasteiger partial charge on any atom is 0.410 e. The lowest BCUT2D eigenvalue weighted by Crippen LogP contribution is -3.00. The van der Waals surface area contributed by atoms with Crippen molar-refractivity contribution in [3.8, 4) is 56.5 Å². The standard InChI is InChI=1S/C26H30N4O3.C21H22N4O.CH4.HI/c1-26(2,3)33-25(31)30-14-10-18(11-15-30)23-22(20-6-5-7-21(16-20)32-4)17-28-24(29-23)19-8-12-27-13-9-19;1-26-18-4-2-3-17(13-18)19-14-24-21(16-7-11-23-12-8-16)25-20(19)15-5-9-22-10-6-15;;/h5-9,12-13,16-18H,10-11,14-15H2,1-4H3;2-4,7-8,11-15,22H,5-6,9-10H2,1H3;1H4;1H/p-1. The second-order valence-corrected chi connectivity index (χ2v) is 15.7. The molecule has 2 fully saturated rings. The molecule has 0 atom stereocenters. The SMILES string of the molecule is C.COc1cccc(-c2cnc(-c3ccncc3)nc2C2CCN(C(=O)OC(C)(C)C)CC2)c1.COc1cccc(-c2cnc(-c3ccncc3)nc2C2CCNCC2)c1.[I-]. The number of aromatic nitrogens is 6. The van der Waals surface area contributed by atoms with Crippen LogP contribution >= 0.6 is 0 Å². The Morgan fingerprint density at radius 1 is 0.656 bits per heavy atom. The molecule has 13 heteroatoms. The van der Waals surface area contributed by atoms with Crippen LogP contribution in [0.3, 0.4) is 0 Å². The summed E-state index contributed by atoms with van der Waals surface area (Å²) in [6, 6.07) is 23.8. The number of rotatable bonds is 8. The van der Waals surface area contributed by atoms with Crippen LogP contribution < -0.4 is 38.8 Å². The van der Waals surface area contributed by atoms with Crippen LogP contribution in [-0.2, 0) is 4.74 Å². The molecule has 12 nitrogen and oxygen atoms in total. The quantitative estimate of drug-likeness (QED) is 0.164. The van der Waals surface area contributed by atoms with Gasteiger partial charge in [-0.3, -0.25) is 9.97 Å². The Bertz CT molecular complexity index is 2310. The smallest absolute Gasteiger partial charge is 0.410 e. The fourth-order valence-corrected chi connectivity index (χ4v) is 7.48. The summed E-state index contributed by atoms with van der Waals surface area (Å²) in [6.45, 7) is 8.98. The first-order valence-corrected chi connectivity index (χ1v) is 20.2. The van der Waals surface area contributed by atoms with Gasteiger partial charge in [-0.1, -0.05) is 31.7 Å². The number of carbonyl (C=O) groups is 1. The number of methoxy groups -OCH3 is 2. The largest absolute Gasteiger partial charge is 1.00 e. The fraction of sp³-hybridized carbons (Fsp3) is 0.354. The van der Waals surface area contributed by atoms with Gasteiger partial charge in [-0.15, -0.1) is 0 Å². The highest BCUT2D eigenvalue weighted by molar-refractivity contribution is 5.71. The first-order chi connectivity index (χ1) is 28.7. The summed E-state index contributed by atoms with van der Waals surface area (Å²) >= 11 is 0. The highest BCUT2D eigenvalue weighted by Gasteiger charge is 2.30. The maximum atomic E-state index is 12.5. The van der Waals surface area contributed by atoms with Gasteiger partial charge in [-0.2, -0.15) is 0 Å². The van der Waals surface area contributed by atoms with Gasteiger partial charge in [0.1, 0.15) is 17.1 Å². The van der Waals surface area contributed by atoms with Crippen molar-refractivity contribution in [1.29, 1.82) is 0 Å². The van der Waals surface area contributed by atoms with E-state index in [4.69, 9.17) is 24.2 Å². The zero-order valence-electron chi connectivity index (χ0n) is 34.8. The Labute approximate surface area is 377 Å². The van der Waals surface area contributed by atoms with Crippen LogP contribution in [0.15, 0.2) is 110 Å². The molecule has 0 saturated carbocycles. The van der Waals surface area contributed by atoms with Gasteiger partial charge in [0.15, 0.2) is 11.6 Å². The molecule has 2 aromatic carbocycles. The first-order valence-electron chi connectivity index (χ1n) is 20.2. The van der Waals surface area contributed by atoms with Crippen molar-refractivity contribution in [1.82, 2.24) is 40.1 Å². The van der Waals surface area contributed by atoms with Gasteiger partial charge >= 0.3 is 6.09 Å². The lowest BCUT2D eigenvalue weighted by molar-refractivity contribution is -0.0000631. The van der Waals surface area contributed by atoms with E-state index in [-0.39, 0.29) is 43.4 Å². The van der Waals surface area contributed by atoms with Gasteiger partial charge in [0.25, 0.3) is 0 Å². The van der Waals surface area contributed by atoms with Crippen molar-refractivity contribution in [2.24, 2.45) is 0 Å². The molecular weight excluding hydrogens is 879 g/mol. The molecule has 8 rings (SSSR count). The van der Waals surface area contributed by atoms with E-state index in [0.29, 0.717) is 24.8 Å². The summed E-state index contributed by atoms with van der Waals surface area (Å²) in [4.78, 5) is 41.8. The molecule has 2 aliphatic rings. The Kier molecular flexibility index (Phi) is 16.6. The number of piperidine rings is 2. The number of carbonyl (C=O) groups excluding carboxylic acids is 1. The molecule has 0 aliphatic carbocycles. The van der Waals surface area contributed by atoms with E-state index in [9.17, 15) is 4.79 Å². The van der Waals surface area contributed by atoms with Crippen molar-refractivity contribution in [3.63, 3.8) is 0 Å². The van der Waals surface area contributed by atoms with Crippen LogP contribution in [0.1, 0.15) is 77.1 Å². The average molecular weight is 936 g/mol. The minimum Gasteiger partial charge on any atom is -1.00 e. The normalized spacial score (nSPS) is 14.3. The summed E-state index contributed by atoms with van der Waals surface area (Å²) in [7, 11) is 3.35. The lowest BCUT2D eigenvalue weighted by atomic mass is 9.89. The minimum absolute atomic E-state index is 0. The van der Waals surface area contributed by atoms with E-state index < -0.39 is 5.60 Å². The second-order valence-electron chi connectivity index (χ2n) is 15.7. The molecule has 0 unspecified atom stereocenters. The Hall–Kier alpha value is -5.54. The number of nitrogens with one attached hydrogen (secondary N) is 1. The van der Waals surface area contributed by atoms with Gasteiger partial charge < -0.3 is 48.4 Å². The second kappa shape index (κ2) is 21.8. The predicted octanol–water partition coefficient (Wildman–Crippen LogP) is 6.65. The Balaban J connectivity index is 0.000000229. The molecule has 0 radical (unpaired) electrons. The van der Waals surface area contributed by atoms with Gasteiger partial charge in [0, 0.05) is 84.4 Å². The number of hydrogen-bond donors (Lipinski definition) is 1. The maximum absolute atomic E-state index is 12.5. The summed E-state index contributed by atoms with van der Waals surface area (Å²) in [5.41, 5.74) is 7.73. The molecule has 61 heavy (non-hydrogen) atoms. The lowest BCUT2D eigenvalue weighted by Gasteiger charge is -2.33. The highest BCUT2D eigenvalue weighted by atomic mass is 127. The summed E-state index contributed by atoms with van der Waals surface area (Å²) in [5, 5.41) is 3.44. The van der Waals surface area contributed by atoms with E-state index >= 15 is 0 Å². The summed E-state index contributed by atoms with van der Waals surface area (Å²) in [5.74, 6) is 3.70. The molecule has 320 valence electrons. The van der Waals surface area contributed by atoms with Crippen molar-refractivity contribution in [3.05, 3.63) is 121 Å². The molecular formula is C48H56IN8O4-. The topological polar surface area (TPSA) is 137 Å². The zero-order valence-corrected chi connectivity index (χ0v) is 37.0. The van der Waals surface area contributed by atoms with E-state index in [1.54, 1.807) is 43.9 Å². The molecule has 6 aromatic rings. The van der Waals surface area contributed by atoms with Gasteiger partial charge in [0.2, 0.25) is 0 Å². The minimum atomic E-state index is -0.500. The van der Waals surface area contributed by atoms with Gasteiger partial charge in [-0.05, 0) is 119 Å². The first kappa shape index (κ1) is 46.5. The molecule has 6 heterocycles. The third kappa shape index (κ3) is 12.1. The number of nitrogens with zero attached hydrogens (tertiary/aromatic N) is 7. The molecule has 1 amide bonds. The van der Waals surface area contributed by atoms with E-state index in [1.165, 1.54) is 0 Å². The van der Waals surface area contributed by atoms with Crippen molar-refractivity contribution < 1.29 is 43.0 Å². The van der Waals surface area contributed by atoms with Crippen LogP contribution in [0.25, 0.3) is 45.0 Å². The molecule has 1 N–H and O–H groups in total. The van der Waals surface area contributed by atoms with Gasteiger partial charge in [-0.25, -0.2) is 24.7 Å². The van der Waals surface area contributed by atoms with Gasteiger partial charge in [0.05, 0.1) is 25.6 Å². The predicted molar refractivity (Wildman–Crippen MR) is 236 cm³/mol. The number of benzene rings is 2. The number of pyridine rings is 2. The number of hydrogen-bond acceptors (Lipinski definition) is 11. The number of amides is 1. The van der Waals surface area contributed by atoms with Crippen molar-refractivity contribution in [2.45, 2.75) is 71.3 Å². The Morgan fingerprint density at radius 3 is 1.52 bits per heavy atom. The molecule has 4 aromatic heterocycles. The van der Waals surface area contributed by atoms with Crippen LogP contribution in [0.4, 0.5) is 4.79 Å². The van der Waals surface area contributed by atoms with Crippen LogP contribution in [0, 0.1) is 0 Å². The van der Waals surface area contributed by atoms with Crippen LogP contribution in [0.5, 0.6) is 11.5 Å². The zero-order chi connectivity index (χ0) is 41.2. The van der Waals surface area contributed by atoms with Crippen LogP contribution in [-0.4, -0.2) is 86.9 Å². The highest BCUT2D eigenvalue weighted by Crippen LogP contribution is 2.37. The van der Waals surface area contributed by atoms with E-state index in [0.717, 1.165) is 101 Å². The average Bonchev–Trinajstić information content (AvgIpc) is 3.29. The molecule has 0 bridgehead atoms. The molecule has 2 saturated heterocycles. The Morgan fingerprint density at radius 2 is 1.10 bits per heavy atom. The molecule has 0 spiro atoms. The third-order valence-electron chi connectivity index (χ3n) is 10.5. The van der Waals surface area contributed by atoms with Crippen molar-refractivity contribution >= 4 is 6.09 Å². The van der Waals surface area contributed by atoms with Crippen LogP contribution in [0.2, 0.25) is 0 Å². The van der Waals surface area contributed by atoms with E-state index in [1.807, 2.05) is 93.8 Å². The number of halogens is 1. The number of likely N-dealkylation sites (tertiary alicyclic amines) is 1.